The summed E-state index contributed by atoms with van der Waals surface area (Å²) < 4.78 is 16.9. The minimum absolute atomic E-state index is 0.280. The molecule has 0 saturated carbocycles. The Morgan fingerprint density at radius 3 is 2.53 bits per heavy atom. The Balaban J connectivity index is 1.60. The van der Waals surface area contributed by atoms with Crippen molar-refractivity contribution in [1.82, 2.24) is 4.90 Å². The van der Waals surface area contributed by atoms with E-state index in [2.05, 4.69) is 17.0 Å². The van der Waals surface area contributed by atoms with Gasteiger partial charge in [-0.3, -0.25) is 4.90 Å². The Kier molecular flexibility index (Phi) is 3.73. The molecule has 3 rings (SSSR count). The molecule has 4 heteroatoms. The molecule has 0 aliphatic carbocycles. The van der Waals surface area contributed by atoms with Crippen molar-refractivity contribution in [3.63, 3.8) is 0 Å². The van der Waals surface area contributed by atoms with E-state index in [0.717, 1.165) is 51.4 Å². The van der Waals surface area contributed by atoms with Gasteiger partial charge in [-0.05, 0) is 6.07 Å². The van der Waals surface area contributed by atoms with Gasteiger partial charge < -0.3 is 14.2 Å². The quantitative estimate of drug-likeness (QED) is 0.835. The van der Waals surface area contributed by atoms with E-state index in [1.807, 2.05) is 12.1 Å². The normalized spacial score (nSPS) is 22.8. The predicted octanol–water partition coefficient (Wildman–Crippen LogP) is 2.03. The van der Waals surface area contributed by atoms with Crippen LogP contribution in [0.15, 0.2) is 24.3 Å². The molecular weight excluding hydrogens is 242 g/mol. The lowest BCUT2D eigenvalue weighted by molar-refractivity contribution is -0.185. The van der Waals surface area contributed by atoms with Gasteiger partial charge in [-0.15, -0.1) is 0 Å². The van der Waals surface area contributed by atoms with E-state index in [1.165, 1.54) is 5.56 Å². The third-order valence-corrected chi connectivity index (χ3v) is 4.02. The maximum atomic E-state index is 5.75. The van der Waals surface area contributed by atoms with E-state index < -0.39 is 0 Å². The molecule has 1 aromatic carbocycles. The molecule has 2 fully saturated rings. The second-order valence-electron chi connectivity index (χ2n) is 5.20. The van der Waals surface area contributed by atoms with Crippen LogP contribution in [0.2, 0.25) is 0 Å². The zero-order chi connectivity index (χ0) is 13.1. The molecule has 0 atom stereocenters. The maximum Gasteiger partial charge on any atom is 0.170 e. The van der Waals surface area contributed by atoms with Crippen molar-refractivity contribution in [3.8, 4) is 5.75 Å². The fourth-order valence-electron chi connectivity index (χ4n) is 2.91. The highest BCUT2D eigenvalue weighted by Crippen LogP contribution is 2.32. The van der Waals surface area contributed by atoms with Gasteiger partial charge in [0.15, 0.2) is 5.79 Å². The lowest BCUT2D eigenvalue weighted by Crippen LogP contribution is -2.44. The van der Waals surface area contributed by atoms with Crippen molar-refractivity contribution in [2.24, 2.45) is 0 Å². The summed E-state index contributed by atoms with van der Waals surface area (Å²) in [5.74, 6) is 0.688. The fraction of sp³-hybridized carbons (Fsp3) is 0.600. The average molecular weight is 263 g/mol. The van der Waals surface area contributed by atoms with Gasteiger partial charge in [-0.25, -0.2) is 0 Å². The molecule has 0 N–H and O–H groups in total. The number of hydrogen-bond donors (Lipinski definition) is 0. The molecule has 19 heavy (non-hydrogen) atoms. The zero-order valence-electron chi connectivity index (χ0n) is 11.4. The van der Waals surface area contributed by atoms with Crippen molar-refractivity contribution >= 4 is 0 Å². The van der Waals surface area contributed by atoms with E-state index >= 15 is 0 Å². The third kappa shape index (κ3) is 2.76. The molecule has 1 spiro atoms. The Bertz CT molecular complexity index is 419. The van der Waals surface area contributed by atoms with Gasteiger partial charge in [0.25, 0.3) is 0 Å². The SMILES string of the molecule is COc1ccccc1CN1CCC2(CC1)OCCO2. The van der Waals surface area contributed by atoms with Crippen molar-refractivity contribution in [2.45, 2.75) is 25.2 Å². The van der Waals surface area contributed by atoms with E-state index in [0.29, 0.717) is 0 Å². The van der Waals surface area contributed by atoms with Crippen molar-refractivity contribution < 1.29 is 14.2 Å². The van der Waals surface area contributed by atoms with Crippen LogP contribution in [0.25, 0.3) is 0 Å². The number of para-hydroxylation sites is 1. The molecule has 4 nitrogen and oxygen atoms in total. The lowest BCUT2D eigenvalue weighted by atomic mass is 10.0. The Labute approximate surface area is 114 Å². The number of likely N-dealkylation sites (tertiary alicyclic amines) is 1. The summed E-state index contributed by atoms with van der Waals surface area (Å²) in [7, 11) is 1.73. The van der Waals surface area contributed by atoms with Crippen LogP contribution in [0, 0.1) is 0 Å². The second kappa shape index (κ2) is 5.49. The highest BCUT2D eigenvalue weighted by Gasteiger charge is 2.39. The Morgan fingerprint density at radius 1 is 1.16 bits per heavy atom. The second-order valence-corrected chi connectivity index (χ2v) is 5.20. The van der Waals surface area contributed by atoms with Gasteiger partial charge in [-0.2, -0.15) is 0 Å². The smallest absolute Gasteiger partial charge is 0.170 e. The molecule has 0 amide bonds. The summed E-state index contributed by atoms with van der Waals surface area (Å²) in [5, 5.41) is 0. The van der Waals surface area contributed by atoms with E-state index in [4.69, 9.17) is 14.2 Å². The standard InChI is InChI=1S/C15H21NO3/c1-17-14-5-3-2-4-13(14)12-16-8-6-15(7-9-16)18-10-11-19-15/h2-5H,6-12H2,1H3. The van der Waals surface area contributed by atoms with Crippen LogP contribution in [0.5, 0.6) is 5.75 Å². The first-order chi connectivity index (χ1) is 9.31. The molecule has 1 aromatic rings. The van der Waals surface area contributed by atoms with Gasteiger partial charge in [-0.1, -0.05) is 18.2 Å². The summed E-state index contributed by atoms with van der Waals surface area (Å²) in [5.41, 5.74) is 1.24. The van der Waals surface area contributed by atoms with Gasteiger partial charge in [0.1, 0.15) is 5.75 Å². The van der Waals surface area contributed by atoms with Crippen LogP contribution >= 0.6 is 0 Å². The number of ether oxygens (including phenoxy) is 3. The fourth-order valence-corrected chi connectivity index (χ4v) is 2.91. The minimum atomic E-state index is -0.280. The predicted molar refractivity (Wildman–Crippen MR) is 72.1 cm³/mol. The Hall–Kier alpha value is -1.10. The van der Waals surface area contributed by atoms with Crippen molar-refractivity contribution in [2.75, 3.05) is 33.4 Å². The van der Waals surface area contributed by atoms with E-state index in [9.17, 15) is 0 Å². The summed E-state index contributed by atoms with van der Waals surface area (Å²) in [6.45, 7) is 4.44. The monoisotopic (exact) mass is 263 g/mol. The van der Waals surface area contributed by atoms with Crippen LogP contribution < -0.4 is 4.74 Å². The van der Waals surface area contributed by atoms with Crippen LogP contribution in [0.1, 0.15) is 18.4 Å². The average Bonchev–Trinajstić information content (AvgIpc) is 2.91. The molecule has 104 valence electrons. The number of nitrogens with zero attached hydrogens (tertiary/aromatic N) is 1. The number of piperidine rings is 1. The lowest BCUT2D eigenvalue weighted by Gasteiger charge is -2.37. The first-order valence-corrected chi connectivity index (χ1v) is 6.93. The molecule has 0 radical (unpaired) electrons. The zero-order valence-corrected chi connectivity index (χ0v) is 11.4. The van der Waals surface area contributed by atoms with Gasteiger partial charge in [0.05, 0.1) is 20.3 Å². The van der Waals surface area contributed by atoms with Crippen LogP contribution in [0.4, 0.5) is 0 Å². The maximum absolute atomic E-state index is 5.75. The number of benzene rings is 1. The van der Waals surface area contributed by atoms with Crippen molar-refractivity contribution in [3.05, 3.63) is 29.8 Å². The van der Waals surface area contributed by atoms with Crippen LogP contribution in [-0.2, 0) is 16.0 Å². The highest BCUT2D eigenvalue weighted by molar-refractivity contribution is 5.33. The Morgan fingerprint density at radius 2 is 1.84 bits per heavy atom. The summed E-state index contributed by atoms with van der Waals surface area (Å²) in [4.78, 5) is 2.44. The largest absolute Gasteiger partial charge is 0.496 e. The van der Waals surface area contributed by atoms with E-state index in [1.54, 1.807) is 7.11 Å². The first-order valence-electron chi connectivity index (χ1n) is 6.93. The number of rotatable bonds is 3. The van der Waals surface area contributed by atoms with Gasteiger partial charge in [0.2, 0.25) is 0 Å². The minimum Gasteiger partial charge on any atom is -0.496 e. The molecule has 0 unspecified atom stereocenters. The number of hydrogen-bond acceptors (Lipinski definition) is 4. The highest BCUT2D eigenvalue weighted by atomic mass is 16.7. The topological polar surface area (TPSA) is 30.9 Å². The molecular formula is C15H21NO3. The van der Waals surface area contributed by atoms with Gasteiger partial charge >= 0.3 is 0 Å². The number of methoxy groups -OCH3 is 1. The first kappa shape index (κ1) is 12.9. The summed E-state index contributed by atoms with van der Waals surface area (Å²) >= 11 is 0. The molecule has 2 heterocycles. The molecule has 2 aliphatic rings. The summed E-state index contributed by atoms with van der Waals surface area (Å²) in [6.07, 6.45) is 1.92. The summed E-state index contributed by atoms with van der Waals surface area (Å²) in [6, 6.07) is 8.22. The molecule has 2 aliphatic heterocycles. The molecule has 0 bridgehead atoms. The van der Waals surface area contributed by atoms with Gasteiger partial charge in [0, 0.05) is 38.0 Å². The van der Waals surface area contributed by atoms with Crippen molar-refractivity contribution in [1.29, 1.82) is 0 Å². The molecule has 0 aromatic heterocycles. The van der Waals surface area contributed by atoms with E-state index in [-0.39, 0.29) is 5.79 Å². The van der Waals surface area contributed by atoms with Crippen LogP contribution in [0.3, 0.4) is 0 Å². The van der Waals surface area contributed by atoms with Crippen LogP contribution in [-0.4, -0.2) is 44.1 Å². The third-order valence-electron chi connectivity index (χ3n) is 4.02. The molecule has 2 saturated heterocycles.